The maximum atomic E-state index is 12.3. The Morgan fingerprint density at radius 2 is 1.96 bits per heavy atom. The standard InChI is InChI=1S/C19H20ClNO2/c1-13(19(22)21-16-9-5-8-15(20)12-16)23-18-11-4-7-14-6-2-3-10-17(14)18/h4-5,7-9,11-13H,2-3,6,10H2,1H3,(H,21,22). The van der Waals surface area contributed by atoms with Crippen molar-refractivity contribution in [3.05, 3.63) is 58.6 Å². The van der Waals surface area contributed by atoms with E-state index >= 15 is 0 Å². The first-order valence-corrected chi connectivity index (χ1v) is 8.35. The molecule has 2 aromatic carbocycles. The lowest BCUT2D eigenvalue weighted by Gasteiger charge is -2.22. The minimum Gasteiger partial charge on any atom is -0.481 e. The molecule has 1 amide bonds. The number of halogens is 1. The summed E-state index contributed by atoms with van der Waals surface area (Å²) >= 11 is 5.93. The highest BCUT2D eigenvalue weighted by Gasteiger charge is 2.19. The van der Waals surface area contributed by atoms with Crippen molar-refractivity contribution in [3.63, 3.8) is 0 Å². The van der Waals surface area contributed by atoms with Crippen molar-refractivity contribution in [1.29, 1.82) is 0 Å². The lowest BCUT2D eigenvalue weighted by atomic mass is 9.91. The van der Waals surface area contributed by atoms with Gasteiger partial charge in [0.25, 0.3) is 5.91 Å². The Morgan fingerprint density at radius 1 is 1.17 bits per heavy atom. The van der Waals surface area contributed by atoms with E-state index in [1.54, 1.807) is 31.2 Å². The molecule has 0 saturated carbocycles. The van der Waals surface area contributed by atoms with Crippen LogP contribution in [0.5, 0.6) is 5.75 Å². The summed E-state index contributed by atoms with van der Waals surface area (Å²) in [5, 5.41) is 3.43. The summed E-state index contributed by atoms with van der Waals surface area (Å²) in [5.74, 6) is 0.650. The molecule has 4 heteroatoms. The van der Waals surface area contributed by atoms with Crippen LogP contribution >= 0.6 is 11.6 Å². The zero-order chi connectivity index (χ0) is 16.2. The van der Waals surface area contributed by atoms with E-state index in [1.165, 1.54) is 24.0 Å². The number of rotatable bonds is 4. The largest absolute Gasteiger partial charge is 0.481 e. The number of aryl methyl sites for hydroxylation is 1. The number of anilines is 1. The van der Waals surface area contributed by atoms with Gasteiger partial charge in [0.1, 0.15) is 5.75 Å². The summed E-state index contributed by atoms with van der Waals surface area (Å²) in [7, 11) is 0. The molecular formula is C19H20ClNO2. The normalized spacial score (nSPS) is 14.7. The van der Waals surface area contributed by atoms with Gasteiger partial charge in [-0.1, -0.05) is 29.8 Å². The molecule has 3 nitrogen and oxygen atoms in total. The minimum absolute atomic E-state index is 0.180. The van der Waals surface area contributed by atoms with Crippen molar-refractivity contribution < 1.29 is 9.53 Å². The zero-order valence-electron chi connectivity index (χ0n) is 13.1. The summed E-state index contributed by atoms with van der Waals surface area (Å²) < 4.78 is 5.93. The number of nitrogens with one attached hydrogen (secondary N) is 1. The van der Waals surface area contributed by atoms with Crippen LogP contribution in [-0.2, 0) is 17.6 Å². The van der Waals surface area contributed by atoms with E-state index in [4.69, 9.17) is 16.3 Å². The van der Waals surface area contributed by atoms with Gasteiger partial charge < -0.3 is 10.1 Å². The molecule has 3 rings (SSSR count). The Bertz CT molecular complexity index is 714. The number of hydrogen-bond acceptors (Lipinski definition) is 2. The van der Waals surface area contributed by atoms with Crippen molar-refractivity contribution in [1.82, 2.24) is 0 Å². The Kier molecular flexibility index (Phi) is 4.87. The second-order valence-electron chi connectivity index (χ2n) is 5.86. The molecule has 1 aliphatic carbocycles. The Hall–Kier alpha value is -2.00. The SMILES string of the molecule is CC(Oc1cccc2c1CCCC2)C(=O)Nc1cccc(Cl)c1. The average molecular weight is 330 g/mol. The third-order valence-electron chi connectivity index (χ3n) is 4.12. The number of carbonyl (C=O) groups excluding carboxylic acids is 1. The highest BCUT2D eigenvalue weighted by Crippen LogP contribution is 2.30. The van der Waals surface area contributed by atoms with E-state index in [1.807, 2.05) is 12.1 Å². The molecule has 23 heavy (non-hydrogen) atoms. The van der Waals surface area contributed by atoms with Crippen molar-refractivity contribution in [3.8, 4) is 5.75 Å². The number of ether oxygens (including phenoxy) is 1. The highest BCUT2D eigenvalue weighted by molar-refractivity contribution is 6.30. The molecule has 0 bridgehead atoms. The molecule has 2 aromatic rings. The molecule has 0 saturated heterocycles. The van der Waals surface area contributed by atoms with Gasteiger partial charge in [-0.2, -0.15) is 0 Å². The molecule has 0 heterocycles. The van der Waals surface area contributed by atoms with Gasteiger partial charge in [0, 0.05) is 10.7 Å². The number of fused-ring (bicyclic) bond motifs is 1. The quantitative estimate of drug-likeness (QED) is 0.888. The van der Waals surface area contributed by atoms with Crippen LogP contribution in [0.25, 0.3) is 0 Å². The minimum atomic E-state index is -0.567. The van der Waals surface area contributed by atoms with E-state index in [-0.39, 0.29) is 5.91 Å². The maximum absolute atomic E-state index is 12.3. The molecule has 0 fully saturated rings. The lowest BCUT2D eigenvalue weighted by Crippen LogP contribution is -2.30. The molecule has 0 aliphatic heterocycles. The van der Waals surface area contributed by atoms with Gasteiger partial charge in [0.2, 0.25) is 0 Å². The molecule has 120 valence electrons. The van der Waals surface area contributed by atoms with Crippen molar-refractivity contribution in [2.45, 2.75) is 38.7 Å². The third kappa shape index (κ3) is 3.85. The number of carbonyl (C=O) groups is 1. The third-order valence-corrected chi connectivity index (χ3v) is 4.35. The summed E-state index contributed by atoms with van der Waals surface area (Å²) in [4.78, 5) is 12.3. The summed E-state index contributed by atoms with van der Waals surface area (Å²) in [6.45, 7) is 1.77. The second kappa shape index (κ2) is 7.05. The van der Waals surface area contributed by atoms with E-state index in [0.29, 0.717) is 10.7 Å². The van der Waals surface area contributed by atoms with Gasteiger partial charge in [-0.3, -0.25) is 4.79 Å². The van der Waals surface area contributed by atoms with Gasteiger partial charge in [-0.15, -0.1) is 0 Å². The van der Waals surface area contributed by atoms with Gasteiger partial charge in [0.15, 0.2) is 6.10 Å². The molecule has 1 aliphatic rings. The van der Waals surface area contributed by atoms with Crippen LogP contribution in [-0.4, -0.2) is 12.0 Å². The van der Waals surface area contributed by atoms with Crippen molar-refractivity contribution in [2.75, 3.05) is 5.32 Å². The topological polar surface area (TPSA) is 38.3 Å². The second-order valence-corrected chi connectivity index (χ2v) is 6.30. The van der Waals surface area contributed by atoms with Crippen LogP contribution in [0.15, 0.2) is 42.5 Å². The van der Waals surface area contributed by atoms with Crippen LogP contribution < -0.4 is 10.1 Å². The summed E-state index contributed by atoms with van der Waals surface area (Å²) in [6.07, 6.45) is 3.95. The van der Waals surface area contributed by atoms with Gasteiger partial charge in [0.05, 0.1) is 0 Å². The first kappa shape index (κ1) is 15.9. The Labute approximate surface area is 141 Å². The fourth-order valence-corrected chi connectivity index (χ4v) is 3.10. The number of amides is 1. The number of benzene rings is 2. The van der Waals surface area contributed by atoms with Gasteiger partial charge >= 0.3 is 0 Å². The van der Waals surface area contributed by atoms with Crippen LogP contribution in [0.1, 0.15) is 30.9 Å². The van der Waals surface area contributed by atoms with Crippen molar-refractivity contribution in [2.24, 2.45) is 0 Å². The predicted octanol–water partition coefficient (Wildman–Crippen LogP) is 4.62. The highest BCUT2D eigenvalue weighted by atomic mass is 35.5. The molecular weight excluding hydrogens is 310 g/mol. The smallest absolute Gasteiger partial charge is 0.265 e. The van der Waals surface area contributed by atoms with E-state index in [9.17, 15) is 4.79 Å². The number of hydrogen-bond donors (Lipinski definition) is 1. The molecule has 1 atom stereocenters. The van der Waals surface area contributed by atoms with Crippen LogP contribution in [0.3, 0.4) is 0 Å². The molecule has 1 N–H and O–H groups in total. The first-order chi connectivity index (χ1) is 11.1. The maximum Gasteiger partial charge on any atom is 0.265 e. The van der Waals surface area contributed by atoms with Crippen molar-refractivity contribution >= 4 is 23.2 Å². The Balaban J connectivity index is 1.69. The zero-order valence-corrected chi connectivity index (χ0v) is 13.9. The summed E-state index contributed by atoms with van der Waals surface area (Å²) in [6, 6.07) is 13.2. The monoisotopic (exact) mass is 329 g/mol. The molecule has 0 aromatic heterocycles. The van der Waals surface area contributed by atoms with E-state index in [0.717, 1.165) is 18.6 Å². The fraction of sp³-hybridized carbons (Fsp3) is 0.316. The van der Waals surface area contributed by atoms with Crippen LogP contribution in [0.2, 0.25) is 5.02 Å². The fourth-order valence-electron chi connectivity index (χ4n) is 2.91. The molecule has 0 spiro atoms. The average Bonchev–Trinajstić information content (AvgIpc) is 2.55. The van der Waals surface area contributed by atoms with Gasteiger partial charge in [-0.25, -0.2) is 0 Å². The predicted molar refractivity (Wildman–Crippen MR) is 93.3 cm³/mol. The first-order valence-electron chi connectivity index (χ1n) is 7.97. The molecule has 1 unspecified atom stereocenters. The van der Waals surface area contributed by atoms with E-state index in [2.05, 4.69) is 11.4 Å². The summed E-state index contributed by atoms with van der Waals surface area (Å²) in [5.41, 5.74) is 3.27. The lowest BCUT2D eigenvalue weighted by molar-refractivity contribution is -0.122. The molecule has 0 radical (unpaired) electrons. The van der Waals surface area contributed by atoms with Crippen LogP contribution in [0.4, 0.5) is 5.69 Å². The van der Waals surface area contributed by atoms with E-state index < -0.39 is 6.10 Å². The van der Waals surface area contributed by atoms with Gasteiger partial charge in [-0.05, 0) is 68.0 Å². The van der Waals surface area contributed by atoms with Crippen LogP contribution in [0, 0.1) is 0 Å². The Morgan fingerprint density at radius 3 is 2.78 bits per heavy atom.